The van der Waals surface area contributed by atoms with Crippen LogP contribution in [0.2, 0.25) is 0 Å². The lowest BCUT2D eigenvalue weighted by molar-refractivity contribution is 0.195. The van der Waals surface area contributed by atoms with Gasteiger partial charge in [0, 0.05) is 11.8 Å². The van der Waals surface area contributed by atoms with E-state index in [1.165, 1.54) is 16.6 Å². The summed E-state index contributed by atoms with van der Waals surface area (Å²) < 4.78 is 0. The van der Waals surface area contributed by atoms with E-state index >= 15 is 0 Å². The Hall–Kier alpha value is -2.28. The van der Waals surface area contributed by atoms with Crippen LogP contribution in [0.5, 0.6) is 0 Å². The Labute approximate surface area is 151 Å². The summed E-state index contributed by atoms with van der Waals surface area (Å²) in [5.41, 5.74) is 4.24. The number of hydrogen-bond acceptors (Lipinski definition) is 0. The first kappa shape index (κ1) is 15.0. The molecule has 0 heterocycles. The molecule has 6 atom stereocenters. The highest BCUT2D eigenvalue weighted by molar-refractivity contribution is 6.32. The summed E-state index contributed by atoms with van der Waals surface area (Å²) in [7, 11) is 2.19. The summed E-state index contributed by atoms with van der Waals surface area (Å²) in [6.45, 7) is 0. The third-order valence-corrected chi connectivity index (χ3v) is 6.37. The molecule has 0 amide bonds. The molecular formula is C24H23B. The maximum Gasteiger partial charge on any atom is 0.139 e. The molecule has 0 aliphatic heterocycles. The normalized spacial score (nSPS) is 37.2. The standard InChI is InChI=1S/C24H23B/c25-19-8-5-7-17(14-19)23-15-18-13-12-16-6-1-2-9-20(16)24(18)22-11-4-3-10-21(22)23/h1-16,18,20-22,24H,25H2. The molecule has 4 aliphatic rings. The van der Waals surface area contributed by atoms with Crippen LogP contribution in [-0.2, 0) is 0 Å². The lowest BCUT2D eigenvalue weighted by Gasteiger charge is -2.47. The van der Waals surface area contributed by atoms with Crippen LogP contribution in [0.1, 0.15) is 5.56 Å². The summed E-state index contributed by atoms with van der Waals surface area (Å²) >= 11 is 0. The molecule has 0 nitrogen and oxygen atoms in total. The van der Waals surface area contributed by atoms with Gasteiger partial charge in [-0.05, 0) is 34.8 Å². The van der Waals surface area contributed by atoms with Gasteiger partial charge in [-0.2, -0.15) is 0 Å². The summed E-state index contributed by atoms with van der Waals surface area (Å²) in [4.78, 5) is 0. The number of rotatable bonds is 1. The quantitative estimate of drug-likeness (QED) is 0.544. The predicted octanol–water partition coefficient (Wildman–Crippen LogP) is 3.86. The fourth-order valence-electron chi connectivity index (χ4n) is 5.27. The van der Waals surface area contributed by atoms with Gasteiger partial charge in [0.2, 0.25) is 0 Å². The van der Waals surface area contributed by atoms with Crippen LogP contribution in [0.3, 0.4) is 0 Å². The van der Waals surface area contributed by atoms with Crippen molar-refractivity contribution in [3.05, 3.63) is 96.7 Å². The second-order valence-corrected chi connectivity index (χ2v) is 7.83. The first-order valence-electron chi connectivity index (χ1n) is 9.48. The highest BCUT2D eigenvalue weighted by Crippen LogP contribution is 2.52. The van der Waals surface area contributed by atoms with E-state index < -0.39 is 0 Å². The lowest BCUT2D eigenvalue weighted by atomic mass is 9.56. The summed E-state index contributed by atoms with van der Waals surface area (Å²) in [5.74, 6) is 3.48. The minimum Gasteiger partial charge on any atom is -0.0884 e. The second-order valence-electron chi connectivity index (χ2n) is 7.83. The summed E-state index contributed by atoms with van der Waals surface area (Å²) in [5, 5.41) is 0. The van der Waals surface area contributed by atoms with E-state index in [0.717, 1.165) is 0 Å². The van der Waals surface area contributed by atoms with Crippen LogP contribution in [0.25, 0.3) is 5.57 Å². The summed E-state index contributed by atoms with van der Waals surface area (Å²) in [6.07, 6.45) is 26.1. The molecule has 0 N–H and O–H groups in total. The minimum absolute atomic E-state index is 0.500. The molecule has 6 unspecified atom stereocenters. The molecule has 0 aromatic heterocycles. The zero-order chi connectivity index (χ0) is 16.8. The van der Waals surface area contributed by atoms with Gasteiger partial charge in [-0.15, -0.1) is 0 Å². The largest absolute Gasteiger partial charge is 0.139 e. The minimum atomic E-state index is 0.500. The highest BCUT2D eigenvalue weighted by atomic mass is 14.5. The van der Waals surface area contributed by atoms with Crippen molar-refractivity contribution in [1.29, 1.82) is 0 Å². The van der Waals surface area contributed by atoms with E-state index in [4.69, 9.17) is 0 Å². The van der Waals surface area contributed by atoms with Crippen LogP contribution in [0.4, 0.5) is 0 Å². The van der Waals surface area contributed by atoms with Gasteiger partial charge in [0.05, 0.1) is 0 Å². The molecule has 25 heavy (non-hydrogen) atoms. The SMILES string of the molecule is Bc1cccc(C2=CC3C=CC4C=CC=CC4C3C3C=CC=CC23)c1. The molecule has 0 saturated heterocycles. The fraction of sp³-hybridized carbons (Fsp3) is 0.250. The van der Waals surface area contributed by atoms with E-state index in [2.05, 4.69) is 98.9 Å². The van der Waals surface area contributed by atoms with Gasteiger partial charge in [-0.1, -0.05) is 96.6 Å². The van der Waals surface area contributed by atoms with E-state index in [9.17, 15) is 0 Å². The molecule has 0 saturated carbocycles. The molecule has 0 bridgehead atoms. The molecule has 0 spiro atoms. The molecule has 122 valence electrons. The third kappa shape index (κ3) is 2.45. The molecule has 1 aromatic rings. The van der Waals surface area contributed by atoms with Crippen molar-refractivity contribution >= 4 is 18.9 Å². The lowest BCUT2D eigenvalue weighted by Crippen LogP contribution is -2.40. The maximum absolute atomic E-state index is 2.56. The Morgan fingerprint density at radius 1 is 0.720 bits per heavy atom. The smallest absolute Gasteiger partial charge is 0.0884 e. The Kier molecular flexibility index (Phi) is 3.55. The van der Waals surface area contributed by atoms with Crippen molar-refractivity contribution in [3.8, 4) is 0 Å². The second kappa shape index (κ2) is 5.91. The Morgan fingerprint density at radius 2 is 1.48 bits per heavy atom. The third-order valence-electron chi connectivity index (χ3n) is 6.37. The Balaban J connectivity index is 1.64. The monoisotopic (exact) mass is 322 g/mol. The van der Waals surface area contributed by atoms with Crippen molar-refractivity contribution in [1.82, 2.24) is 0 Å². The zero-order valence-electron chi connectivity index (χ0n) is 14.6. The van der Waals surface area contributed by atoms with E-state index in [0.29, 0.717) is 35.5 Å². The van der Waals surface area contributed by atoms with Gasteiger partial charge < -0.3 is 0 Å². The van der Waals surface area contributed by atoms with Crippen molar-refractivity contribution < 1.29 is 0 Å². The molecular weight excluding hydrogens is 299 g/mol. The van der Waals surface area contributed by atoms with Crippen LogP contribution in [0.15, 0.2) is 91.1 Å². The first-order valence-corrected chi connectivity index (χ1v) is 9.48. The maximum atomic E-state index is 2.56. The molecule has 4 aliphatic carbocycles. The van der Waals surface area contributed by atoms with Crippen LogP contribution in [-0.4, -0.2) is 7.85 Å². The zero-order valence-corrected chi connectivity index (χ0v) is 14.6. The molecule has 5 rings (SSSR count). The molecule has 0 fully saturated rings. The van der Waals surface area contributed by atoms with Crippen molar-refractivity contribution in [2.45, 2.75) is 0 Å². The summed E-state index contributed by atoms with van der Waals surface area (Å²) in [6, 6.07) is 9.00. The molecule has 1 aromatic carbocycles. The number of hydrogen-bond donors (Lipinski definition) is 0. The number of fused-ring (bicyclic) bond motifs is 5. The van der Waals surface area contributed by atoms with Gasteiger partial charge in [0.25, 0.3) is 0 Å². The number of allylic oxidation sites excluding steroid dienone is 12. The average Bonchev–Trinajstić information content (AvgIpc) is 2.67. The van der Waals surface area contributed by atoms with E-state index in [1.807, 2.05) is 0 Å². The van der Waals surface area contributed by atoms with Crippen LogP contribution >= 0.6 is 0 Å². The highest BCUT2D eigenvalue weighted by Gasteiger charge is 2.44. The molecule has 0 radical (unpaired) electrons. The number of benzene rings is 1. The Bertz CT molecular complexity index is 864. The van der Waals surface area contributed by atoms with Gasteiger partial charge in [-0.3, -0.25) is 0 Å². The van der Waals surface area contributed by atoms with Crippen LogP contribution < -0.4 is 5.46 Å². The van der Waals surface area contributed by atoms with E-state index in [-0.39, 0.29) is 0 Å². The topological polar surface area (TPSA) is 0 Å². The van der Waals surface area contributed by atoms with Crippen LogP contribution in [0, 0.1) is 35.5 Å². The molecule has 1 heteroatoms. The van der Waals surface area contributed by atoms with Gasteiger partial charge in [0.15, 0.2) is 0 Å². The van der Waals surface area contributed by atoms with Crippen molar-refractivity contribution in [2.24, 2.45) is 35.5 Å². The van der Waals surface area contributed by atoms with E-state index in [1.54, 1.807) is 0 Å². The van der Waals surface area contributed by atoms with Gasteiger partial charge >= 0.3 is 0 Å². The van der Waals surface area contributed by atoms with Crippen molar-refractivity contribution in [3.63, 3.8) is 0 Å². The predicted molar refractivity (Wildman–Crippen MR) is 109 cm³/mol. The fourth-order valence-corrected chi connectivity index (χ4v) is 5.27. The van der Waals surface area contributed by atoms with Gasteiger partial charge in [0.1, 0.15) is 7.85 Å². The van der Waals surface area contributed by atoms with Crippen molar-refractivity contribution in [2.75, 3.05) is 0 Å². The van der Waals surface area contributed by atoms with Gasteiger partial charge in [-0.25, -0.2) is 0 Å². The first-order chi connectivity index (χ1) is 12.3. The average molecular weight is 322 g/mol. The Morgan fingerprint density at radius 3 is 2.36 bits per heavy atom.